The molecule has 2 aliphatic rings. The van der Waals surface area contributed by atoms with E-state index in [9.17, 15) is 14.4 Å². The molecule has 34 heavy (non-hydrogen) atoms. The van der Waals surface area contributed by atoms with Crippen LogP contribution in [0.2, 0.25) is 0 Å². The third-order valence-corrected chi connectivity index (χ3v) is 7.18. The molecule has 2 saturated heterocycles. The molecular formula is C26H25N3O4S. The number of carbonyl (C=O) groups is 3. The van der Waals surface area contributed by atoms with Crippen LogP contribution < -0.4 is 0 Å². The van der Waals surface area contributed by atoms with Gasteiger partial charge in [0.1, 0.15) is 6.54 Å². The summed E-state index contributed by atoms with van der Waals surface area (Å²) < 4.78 is 7.50. The lowest BCUT2D eigenvalue weighted by Gasteiger charge is -2.28. The molecule has 0 radical (unpaired) electrons. The van der Waals surface area contributed by atoms with E-state index < -0.39 is 11.1 Å². The first-order valence-corrected chi connectivity index (χ1v) is 12.1. The number of benzene rings is 2. The molecule has 3 heterocycles. The first-order chi connectivity index (χ1) is 16.5. The average Bonchev–Trinajstić information content (AvgIpc) is 3.28. The van der Waals surface area contributed by atoms with E-state index in [-0.39, 0.29) is 12.5 Å². The summed E-state index contributed by atoms with van der Waals surface area (Å²) in [5, 5.41) is 0.607. The Hall–Kier alpha value is -3.36. The molecule has 2 aliphatic heterocycles. The molecule has 3 aromatic rings. The Labute approximate surface area is 202 Å². The molecule has 2 fully saturated rings. The molecule has 0 N–H and O–H groups in total. The summed E-state index contributed by atoms with van der Waals surface area (Å²) in [7, 11) is 0. The predicted octanol–water partition coefficient (Wildman–Crippen LogP) is 3.89. The van der Waals surface area contributed by atoms with Crippen molar-refractivity contribution in [2.24, 2.45) is 0 Å². The highest BCUT2D eigenvalue weighted by Gasteiger charge is 2.37. The van der Waals surface area contributed by atoms with Gasteiger partial charge < -0.3 is 14.2 Å². The van der Waals surface area contributed by atoms with E-state index in [1.807, 2.05) is 43.3 Å². The van der Waals surface area contributed by atoms with Gasteiger partial charge in [0.2, 0.25) is 5.91 Å². The smallest absolute Gasteiger partial charge is 0.294 e. The summed E-state index contributed by atoms with van der Waals surface area (Å²) in [4.78, 5) is 41.4. The molecule has 0 bridgehead atoms. The second-order valence-corrected chi connectivity index (χ2v) is 9.34. The summed E-state index contributed by atoms with van der Waals surface area (Å²) in [6.45, 7) is 4.39. The highest BCUT2D eigenvalue weighted by atomic mass is 32.2. The van der Waals surface area contributed by atoms with Crippen LogP contribution in [0.5, 0.6) is 0 Å². The molecule has 1 aromatic heterocycles. The number of ether oxygens (including phenoxy) is 1. The summed E-state index contributed by atoms with van der Waals surface area (Å²) in [5.41, 5.74) is 4.18. The summed E-state index contributed by atoms with van der Waals surface area (Å²) in [5.74, 6) is -0.654. The fraction of sp³-hybridized carbons (Fsp3) is 0.269. The summed E-state index contributed by atoms with van der Waals surface area (Å²) >= 11 is 0.890. The number of morpholine rings is 1. The van der Waals surface area contributed by atoms with E-state index in [2.05, 4.69) is 22.8 Å². The maximum Gasteiger partial charge on any atom is 0.294 e. The van der Waals surface area contributed by atoms with E-state index in [1.54, 1.807) is 11.0 Å². The van der Waals surface area contributed by atoms with Crippen LogP contribution >= 0.6 is 11.8 Å². The predicted molar refractivity (Wildman–Crippen MR) is 132 cm³/mol. The number of rotatable bonds is 5. The van der Waals surface area contributed by atoms with E-state index in [0.717, 1.165) is 38.8 Å². The minimum Gasteiger partial charge on any atom is -0.378 e. The van der Waals surface area contributed by atoms with Gasteiger partial charge in [0.15, 0.2) is 0 Å². The first kappa shape index (κ1) is 22.4. The Balaban J connectivity index is 1.44. The van der Waals surface area contributed by atoms with E-state index in [4.69, 9.17) is 4.74 Å². The Bertz CT molecular complexity index is 1290. The zero-order chi connectivity index (χ0) is 23.7. The SMILES string of the molecule is Cc1c(/C=C2\SC(=O)N(CC(=O)N3CCOCC3)C2=O)c2ccccc2n1Cc1ccccc1. The molecule has 174 valence electrons. The van der Waals surface area contributed by atoms with Crippen LogP contribution in [0.3, 0.4) is 0 Å². The van der Waals surface area contributed by atoms with Crippen molar-refractivity contribution in [3.05, 3.63) is 76.3 Å². The van der Waals surface area contributed by atoms with Crippen molar-refractivity contribution < 1.29 is 19.1 Å². The first-order valence-electron chi connectivity index (χ1n) is 11.3. The zero-order valence-electron chi connectivity index (χ0n) is 18.9. The lowest BCUT2D eigenvalue weighted by atomic mass is 10.1. The highest BCUT2D eigenvalue weighted by Crippen LogP contribution is 2.35. The van der Waals surface area contributed by atoms with Crippen molar-refractivity contribution in [1.82, 2.24) is 14.4 Å². The van der Waals surface area contributed by atoms with Gasteiger partial charge in [-0.1, -0.05) is 48.5 Å². The number of imide groups is 1. The number of para-hydroxylation sites is 1. The lowest BCUT2D eigenvalue weighted by Crippen LogP contribution is -2.46. The second kappa shape index (κ2) is 9.48. The fourth-order valence-electron chi connectivity index (χ4n) is 4.43. The van der Waals surface area contributed by atoms with Crippen LogP contribution in [0.1, 0.15) is 16.8 Å². The molecule has 8 heteroatoms. The molecule has 0 unspecified atom stereocenters. The fourth-order valence-corrected chi connectivity index (χ4v) is 5.25. The van der Waals surface area contributed by atoms with Crippen molar-refractivity contribution in [3.8, 4) is 0 Å². The molecule has 5 rings (SSSR count). The lowest BCUT2D eigenvalue weighted by molar-refractivity contribution is -0.139. The van der Waals surface area contributed by atoms with Gasteiger partial charge in [-0.05, 0) is 36.4 Å². The van der Waals surface area contributed by atoms with Crippen LogP contribution in [-0.4, -0.2) is 64.3 Å². The van der Waals surface area contributed by atoms with Gasteiger partial charge in [-0.3, -0.25) is 19.3 Å². The number of aromatic nitrogens is 1. The molecule has 0 spiro atoms. The zero-order valence-corrected chi connectivity index (χ0v) is 19.7. The quantitative estimate of drug-likeness (QED) is 0.524. The third-order valence-electron chi connectivity index (χ3n) is 6.27. The van der Waals surface area contributed by atoms with Gasteiger partial charge in [0.25, 0.3) is 11.1 Å². The number of hydrogen-bond donors (Lipinski definition) is 0. The van der Waals surface area contributed by atoms with Gasteiger partial charge in [-0.25, -0.2) is 0 Å². The maximum atomic E-state index is 13.1. The minimum absolute atomic E-state index is 0.234. The van der Waals surface area contributed by atoms with E-state index in [0.29, 0.717) is 37.8 Å². The van der Waals surface area contributed by atoms with Crippen molar-refractivity contribution in [1.29, 1.82) is 0 Å². The van der Waals surface area contributed by atoms with Crippen LogP contribution in [0, 0.1) is 6.92 Å². The number of nitrogens with zero attached hydrogens (tertiary/aromatic N) is 3. The molecule has 0 aliphatic carbocycles. The maximum absolute atomic E-state index is 13.1. The van der Waals surface area contributed by atoms with Crippen molar-refractivity contribution in [2.75, 3.05) is 32.8 Å². The van der Waals surface area contributed by atoms with Crippen LogP contribution in [0.4, 0.5) is 4.79 Å². The monoisotopic (exact) mass is 475 g/mol. The van der Waals surface area contributed by atoms with Gasteiger partial charge in [0.05, 0.1) is 18.1 Å². The van der Waals surface area contributed by atoms with Crippen LogP contribution in [0.25, 0.3) is 17.0 Å². The average molecular weight is 476 g/mol. The van der Waals surface area contributed by atoms with Gasteiger partial charge in [0, 0.05) is 41.8 Å². The second-order valence-electron chi connectivity index (χ2n) is 8.35. The molecule has 0 atom stereocenters. The minimum atomic E-state index is -0.420. The molecule has 2 aromatic carbocycles. The van der Waals surface area contributed by atoms with Crippen LogP contribution in [0.15, 0.2) is 59.5 Å². The van der Waals surface area contributed by atoms with Crippen molar-refractivity contribution in [2.45, 2.75) is 13.5 Å². The van der Waals surface area contributed by atoms with Crippen molar-refractivity contribution >= 4 is 45.8 Å². The molecular weight excluding hydrogens is 450 g/mol. The molecule has 3 amide bonds. The Morgan fingerprint density at radius 2 is 1.74 bits per heavy atom. The Morgan fingerprint density at radius 1 is 1.03 bits per heavy atom. The topological polar surface area (TPSA) is 71.9 Å². The van der Waals surface area contributed by atoms with Gasteiger partial charge >= 0.3 is 0 Å². The van der Waals surface area contributed by atoms with Crippen LogP contribution in [-0.2, 0) is 20.9 Å². The third kappa shape index (κ3) is 4.26. The largest absolute Gasteiger partial charge is 0.378 e. The number of fused-ring (bicyclic) bond motifs is 1. The van der Waals surface area contributed by atoms with E-state index >= 15 is 0 Å². The van der Waals surface area contributed by atoms with Crippen molar-refractivity contribution in [3.63, 3.8) is 0 Å². The molecule has 0 saturated carbocycles. The highest BCUT2D eigenvalue weighted by molar-refractivity contribution is 8.18. The molecule has 7 nitrogen and oxygen atoms in total. The Morgan fingerprint density at radius 3 is 2.50 bits per heavy atom. The standard InChI is InChI=1S/C26H25N3O4S/c1-18-21(20-9-5-6-10-22(20)28(18)16-19-7-3-2-4-8-19)15-23-25(31)29(26(32)34-23)17-24(30)27-11-13-33-14-12-27/h2-10,15H,11-14,16-17H2,1H3/b23-15-. The van der Waals surface area contributed by atoms with Gasteiger partial charge in [-0.15, -0.1) is 0 Å². The number of amides is 3. The summed E-state index contributed by atoms with van der Waals surface area (Å²) in [6, 6.07) is 18.3. The Kier molecular flexibility index (Phi) is 6.26. The number of carbonyl (C=O) groups excluding carboxylic acids is 3. The number of hydrogen-bond acceptors (Lipinski definition) is 5. The normalized spacial score (nSPS) is 17.9. The number of thioether (sulfide) groups is 1. The summed E-state index contributed by atoms with van der Waals surface area (Å²) in [6.07, 6.45) is 1.79. The van der Waals surface area contributed by atoms with Gasteiger partial charge in [-0.2, -0.15) is 0 Å². The van der Waals surface area contributed by atoms with E-state index in [1.165, 1.54) is 5.56 Å².